The van der Waals surface area contributed by atoms with Crippen LogP contribution in [0.3, 0.4) is 0 Å². The lowest BCUT2D eigenvalue weighted by atomic mass is 10.0. The molecule has 8 heteroatoms. The second kappa shape index (κ2) is 7.58. The maximum atomic E-state index is 12.0. The number of nitrogens with zero attached hydrogens (tertiary/aromatic N) is 2. The van der Waals surface area contributed by atoms with E-state index in [4.69, 9.17) is 9.47 Å². The van der Waals surface area contributed by atoms with Crippen molar-refractivity contribution in [2.75, 3.05) is 25.1 Å². The summed E-state index contributed by atoms with van der Waals surface area (Å²) in [5, 5.41) is 14.2. The highest BCUT2D eigenvalue weighted by Crippen LogP contribution is 2.33. The van der Waals surface area contributed by atoms with Crippen LogP contribution in [0.15, 0.2) is 18.2 Å². The van der Waals surface area contributed by atoms with Gasteiger partial charge in [0.05, 0.1) is 18.1 Å². The van der Waals surface area contributed by atoms with E-state index in [9.17, 15) is 14.9 Å². The summed E-state index contributed by atoms with van der Waals surface area (Å²) in [4.78, 5) is 24.8. The van der Waals surface area contributed by atoms with Crippen molar-refractivity contribution >= 4 is 17.5 Å². The van der Waals surface area contributed by atoms with E-state index in [0.29, 0.717) is 24.5 Å². The Bertz CT molecular complexity index is 642. The van der Waals surface area contributed by atoms with E-state index < -0.39 is 16.6 Å². The molecule has 25 heavy (non-hydrogen) atoms. The molecule has 1 aromatic rings. The Morgan fingerprint density at radius 3 is 2.72 bits per heavy atom. The number of carbonyl (C=O) groups excluding carboxylic acids is 1. The number of nitrogens with one attached hydrogen (secondary N) is 1. The molecule has 2 rings (SSSR count). The van der Waals surface area contributed by atoms with Crippen molar-refractivity contribution < 1.29 is 19.2 Å². The standard InChI is InChI=1S/C17H25N3O5/c1-17(2,3)25-16(21)18-12-6-5-9-19(11-12)14-8-7-13(24-4)10-15(14)20(22)23/h7-8,10,12H,5-6,9,11H2,1-4H3,(H,18,21)/t12-/m0/s1. The Labute approximate surface area is 147 Å². The van der Waals surface area contributed by atoms with Crippen LogP contribution in [0.1, 0.15) is 33.6 Å². The van der Waals surface area contributed by atoms with Gasteiger partial charge in [-0.1, -0.05) is 0 Å². The largest absolute Gasteiger partial charge is 0.496 e. The Morgan fingerprint density at radius 2 is 2.12 bits per heavy atom. The zero-order valence-corrected chi connectivity index (χ0v) is 15.1. The van der Waals surface area contributed by atoms with Gasteiger partial charge >= 0.3 is 6.09 Å². The molecule has 1 heterocycles. The van der Waals surface area contributed by atoms with Gasteiger partial charge < -0.3 is 19.7 Å². The first kappa shape index (κ1) is 18.8. The zero-order valence-electron chi connectivity index (χ0n) is 15.1. The van der Waals surface area contributed by atoms with Crippen molar-refractivity contribution in [3.63, 3.8) is 0 Å². The number of nitro benzene ring substituents is 1. The molecule has 1 amide bonds. The van der Waals surface area contributed by atoms with Gasteiger partial charge in [0.1, 0.15) is 17.0 Å². The normalized spacial score (nSPS) is 17.8. The molecule has 0 aliphatic carbocycles. The first-order chi connectivity index (χ1) is 11.7. The van der Waals surface area contributed by atoms with Crippen molar-refractivity contribution in [3.05, 3.63) is 28.3 Å². The van der Waals surface area contributed by atoms with Crippen LogP contribution in [0, 0.1) is 10.1 Å². The Hall–Kier alpha value is -2.51. The van der Waals surface area contributed by atoms with E-state index in [-0.39, 0.29) is 11.7 Å². The molecule has 138 valence electrons. The van der Waals surface area contributed by atoms with Gasteiger partial charge in [-0.3, -0.25) is 10.1 Å². The smallest absolute Gasteiger partial charge is 0.407 e. The van der Waals surface area contributed by atoms with Crippen molar-refractivity contribution in [1.82, 2.24) is 5.32 Å². The summed E-state index contributed by atoms with van der Waals surface area (Å²) in [5.74, 6) is 0.441. The van der Waals surface area contributed by atoms with Crippen LogP contribution in [0.5, 0.6) is 5.75 Å². The van der Waals surface area contributed by atoms with Crippen LogP contribution < -0.4 is 15.0 Å². The molecule has 1 N–H and O–H groups in total. The van der Waals surface area contributed by atoms with Gasteiger partial charge in [-0.25, -0.2) is 4.79 Å². The lowest BCUT2D eigenvalue weighted by Gasteiger charge is -2.34. The minimum atomic E-state index is -0.562. The zero-order chi connectivity index (χ0) is 18.6. The van der Waals surface area contributed by atoms with Gasteiger partial charge in [-0.05, 0) is 45.7 Å². The number of methoxy groups -OCH3 is 1. The third-order valence-corrected chi connectivity index (χ3v) is 3.86. The molecule has 1 saturated heterocycles. The second-order valence-electron chi connectivity index (χ2n) is 7.04. The van der Waals surface area contributed by atoms with Gasteiger partial charge in [0, 0.05) is 19.1 Å². The lowest BCUT2D eigenvalue weighted by molar-refractivity contribution is -0.384. The summed E-state index contributed by atoms with van der Waals surface area (Å²) in [6.45, 7) is 6.60. The predicted octanol–water partition coefficient (Wildman–Crippen LogP) is 3.10. The molecule has 1 fully saturated rings. The first-order valence-corrected chi connectivity index (χ1v) is 8.26. The average molecular weight is 351 g/mol. The highest BCUT2D eigenvalue weighted by Gasteiger charge is 2.28. The molecule has 1 aliphatic rings. The number of rotatable bonds is 4. The number of carbonyl (C=O) groups is 1. The van der Waals surface area contributed by atoms with Crippen LogP contribution >= 0.6 is 0 Å². The van der Waals surface area contributed by atoms with E-state index >= 15 is 0 Å². The number of piperidine rings is 1. The van der Waals surface area contributed by atoms with Crippen molar-refractivity contribution in [3.8, 4) is 5.75 Å². The Morgan fingerprint density at radius 1 is 1.40 bits per heavy atom. The van der Waals surface area contributed by atoms with Gasteiger partial charge in [0.2, 0.25) is 0 Å². The summed E-state index contributed by atoms with van der Waals surface area (Å²) < 4.78 is 10.4. The van der Waals surface area contributed by atoms with Crippen molar-refractivity contribution in [2.24, 2.45) is 0 Å². The fourth-order valence-corrected chi connectivity index (χ4v) is 2.83. The molecule has 0 radical (unpaired) electrons. The number of nitro groups is 1. The van der Waals surface area contributed by atoms with E-state index in [1.165, 1.54) is 13.2 Å². The molecular weight excluding hydrogens is 326 g/mol. The van der Waals surface area contributed by atoms with Gasteiger partial charge in [0.15, 0.2) is 0 Å². The number of hydrogen-bond donors (Lipinski definition) is 1. The topological polar surface area (TPSA) is 93.9 Å². The number of anilines is 1. The van der Waals surface area contributed by atoms with Gasteiger partial charge in [0.25, 0.3) is 5.69 Å². The van der Waals surface area contributed by atoms with Crippen LogP contribution in [0.25, 0.3) is 0 Å². The maximum absolute atomic E-state index is 12.0. The molecule has 1 aliphatic heterocycles. The number of hydrogen-bond acceptors (Lipinski definition) is 6. The van der Waals surface area contributed by atoms with E-state index in [2.05, 4.69) is 5.32 Å². The lowest BCUT2D eigenvalue weighted by Crippen LogP contribution is -2.49. The first-order valence-electron chi connectivity index (χ1n) is 8.26. The van der Waals surface area contributed by atoms with Gasteiger partial charge in [-0.2, -0.15) is 0 Å². The summed E-state index contributed by atoms with van der Waals surface area (Å²) in [6, 6.07) is 4.69. The summed E-state index contributed by atoms with van der Waals surface area (Å²) >= 11 is 0. The number of alkyl carbamates (subject to hydrolysis) is 1. The molecule has 0 aromatic heterocycles. The van der Waals surface area contributed by atoms with E-state index in [1.807, 2.05) is 4.90 Å². The molecule has 0 spiro atoms. The third-order valence-electron chi connectivity index (χ3n) is 3.86. The third kappa shape index (κ3) is 5.23. The SMILES string of the molecule is COc1ccc(N2CCC[C@H](NC(=O)OC(C)(C)C)C2)c([N+](=O)[O-])c1. The van der Waals surface area contributed by atoms with E-state index in [0.717, 1.165) is 12.8 Å². The minimum absolute atomic E-state index is 0.00253. The highest BCUT2D eigenvalue weighted by atomic mass is 16.6. The maximum Gasteiger partial charge on any atom is 0.407 e. The van der Waals surface area contributed by atoms with Crippen LogP contribution in [-0.2, 0) is 4.74 Å². The van der Waals surface area contributed by atoms with Crippen molar-refractivity contribution in [1.29, 1.82) is 0 Å². The molecule has 0 saturated carbocycles. The number of ether oxygens (including phenoxy) is 2. The number of amides is 1. The van der Waals surface area contributed by atoms with Gasteiger partial charge in [-0.15, -0.1) is 0 Å². The molecular formula is C17H25N3O5. The Balaban J connectivity index is 2.11. The second-order valence-corrected chi connectivity index (χ2v) is 7.04. The summed E-state index contributed by atoms with van der Waals surface area (Å²) in [6.07, 6.45) is 1.16. The fraction of sp³-hybridized carbons (Fsp3) is 0.588. The van der Waals surface area contributed by atoms with Crippen LogP contribution in [0.4, 0.5) is 16.2 Å². The monoisotopic (exact) mass is 351 g/mol. The van der Waals surface area contributed by atoms with Crippen molar-refractivity contribution in [2.45, 2.75) is 45.3 Å². The summed E-state index contributed by atoms with van der Waals surface area (Å²) in [7, 11) is 1.47. The molecule has 1 aromatic carbocycles. The Kier molecular flexibility index (Phi) is 5.71. The molecule has 1 atom stereocenters. The van der Waals surface area contributed by atoms with Crippen LogP contribution in [-0.4, -0.2) is 42.9 Å². The molecule has 8 nitrogen and oxygen atoms in total. The predicted molar refractivity (Wildman–Crippen MR) is 94.3 cm³/mol. The number of benzene rings is 1. The average Bonchev–Trinajstić information content (AvgIpc) is 2.52. The fourth-order valence-electron chi connectivity index (χ4n) is 2.83. The minimum Gasteiger partial charge on any atom is -0.496 e. The van der Waals surface area contributed by atoms with Crippen LogP contribution in [0.2, 0.25) is 0 Å². The molecule has 0 unspecified atom stereocenters. The van der Waals surface area contributed by atoms with E-state index in [1.54, 1.807) is 32.9 Å². The summed E-state index contributed by atoms with van der Waals surface area (Å²) in [5.41, 5.74) is -0.0357. The highest BCUT2D eigenvalue weighted by molar-refractivity contribution is 5.69. The molecule has 0 bridgehead atoms. The quantitative estimate of drug-likeness (QED) is 0.662.